The smallest absolute Gasteiger partial charge is 0.157 e. The number of hydrogen-bond acceptors (Lipinski definition) is 5. The Hall–Kier alpha value is -3.25. The SMILES string of the molecule is CCOCc1nc2cnc3cc(OCc4ccccc4)ccc3c2n1N=C(C)C. The maximum absolute atomic E-state index is 5.96. The van der Waals surface area contributed by atoms with Crippen LogP contribution in [0.4, 0.5) is 0 Å². The summed E-state index contributed by atoms with van der Waals surface area (Å²) in [5, 5.41) is 5.66. The number of benzene rings is 2. The summed E-state index contributed by atoms with van der Waals surface area (Å²) in [5.41, 5.74) is 4.64. The molecule has 0 spiro atoms. The van der Waals surface area contributed by atoms with Gasteiger partial charge in [-0.05, 0) is 38.5 Å². The molecule has 2 heterocycles. The van der Waals surface area contributed by atoms with Crippen LogP contribution in [0, 0.1) is 0 Å². The molecule has 148 valence electrons. The quantitative estimate of drug-likeness (QED) is 0.421. The average molecular weight is 388 g/mol. The molecule has 4 rings (SSSR count). The normalized spacial score (nSPS) is 11.1. The molecule has 0 N–H and O–H groups in total. The van der Waals surface area contributed by atoms with E-state index >= 15 is 0 Å². The van der Waals surface area contributed by atoms with Crippen molar-refractivity contribution < 1.29 is 9.47 Å². The summed E-state index contributed by atoms with van der Waals surface area (Å²) in [6, 6.07) is 16.1. The highest BCUT2D eigenvalue weighted by Crippen LogP contribution is 2.28. The summed E-state index contributed by atoms with van der Waals surface area (Å²) in [4.78, 5) is 9.28. The van der Waals surface area contributed by atoms with Crippen molar-refractivity contribution in [3.63, 3.8) is 0 Å². The van der Waals surface area contributed by atoms with Crippen molar-refractivity contribution in [3.05, 3.63) is 66.1 Å². The van der Waals surface area contributed by atoms with Gasteiger partial charge in [0.2, 0.25) is 0 Å². The molecule has 0 unspecified atom stereocenters. The van der Waals surface area contributed by atoms with E-state index in [1.165, 1.54) is 0 Å². The van der Waals surface area contributed by atoms with Crippen LogP contribution in [0.5, 0.6) is 5.75 Å². The van der Waals surface area contributed by atoms with Crippen molar-refractivity contribution in [2.24, 2.45) is 5.10 Å². The predicted molar refractivity (Wildman–Crippen MR) is 115 cm³/mol. The molecular formula is C23H24N4O2. The Balaban J connectivity index is 1.74. The van der Waals surface area contributed by atoms with E-state index in [9.17, 15) is 0 Å². The number of imidazole rings is 1. The molecule has 0 saturated carbocycles. The van der Waals surface area contributed by atoms with E-state index < -0.39 is 0 Å². The lowest BCUT2D eigenvalue weighted by Gasteiger charge is -2.09. The zero-order valence-electron chi connectivity index (χ0n) is 16.9. The van der Waals surface area contributed by atoms with Gasteiger partial charge in [-0.2, -0.15) is 5.10 Å². The molecule has 0 aliphatic carbocycles. The highest BCUT2D eigenvalue weighted by molar-refractivity contribution is 6.03. The van der Waals surface area contributed by atoms with E-state index in [0.29, 0.717) is 19.8 Å². The van der Waals surface area contributed by atoms with Gasteiger partial charge in [0.25, 0.3) is 0 Å². The lowest BCUT2D eigenvalue weighted by molar-refractivity contribution is 0.126. The van der Waals surface area contributed by atoms with E-state index in [1.54, 1.807) is 6.20 Å². The maximum Gasteiger partial charge on any atom is 0.157 e. The average Bonchev–Trinajstić information content (AvgIpc) is 3.08. The van der Waals surface area contributed by atoms with Crippen molar-refractivity contribution in [1.82, 2.24) is 14.6 Å². The first-order valence-corrected chi connectivity index (χ1v) is 9.72. The van der Waals surface area contributed by atoms with Crippen LogP contribution >= 0.6 is 0 Å². The van der Waals surface area contributed by atoms with Crippen molar-refractivity contribution in [3.8, 4) is 5.75 Å². The fourth-order valence-electron chi connectivity index (χ4n) is 3.19. The molecule has 0 amide bonds. The molecule has 2 aromatic heterocycles. The van der Waals surface area contributed by atoms with Crippen molar-refractivity contribution >= 4 is 27.6 Å². The van der Waals surface area contributed by atoms with Crippen molar-refractivity contribution in [1.29, 1.82) is 0 Å². The molecular weight excluding hydrogens is 364 g/mol. The summed E-state index contributed by atoms with van der Waals surface area (Å²) in [7, 11) is 0. The Labute approximate surface area is 169 Å². The zero-order valence-corrected chi connectivity index (χ0v) is 16.9. The summed E-state index contributed by atoms with van der Waals surface area (Å²) in [6.45, 7) is 7.45. The number of ether oxygens (including phenoxy) is 2. The Morgan fingerprint density at radius 1 is 1.03 bits per heavy atom. The van der Waals surface area contributed by atoms with E-state index in [1.807, 2.05) is 74.0 Å². The number of rotatable bonds is 7. The number of hydrogen-bond donors (Lipinski definition) is 0. The lowest BCUT2D eigenvalue weighted by atomic mass is 10.2. The second-order valence-corrected chi connectivity index (χ2v) is 6.97. The van der Waals surface area contributed by atoms with Gasteiger partial charge >= 0.3 is 0 Å². The van der Waals surface area contributed by atoms with Gasteiger partial charge in [0, 0.05) is 23.8 Å². The van der Waals surface area contributed by atoms with Crippen LogP contribution in [-0.2, 0) is 18.0 Å². The number of fused-ring (bicyclic) bond motifs is 3. The van der Waals surface area contributed by atoms with Gasteiger partial charge in [-0.25, -0.2) is 9.66 Å². The van der Waals surface area contributed by atoms with Gasteiger partial charge in [-0.3, -0.25) is 4.98 Å². The van der Waals surface area contributed by atoms with Gasteiger partial charge in [0.15, 0.2) is 5.82 Å². The Kier molecular flexibility index (Phi) is 5.53. The van der Waals surface area contributed by atoms with Crippen molar-refractivity contribution in [2.45, 2.75) is 34.0 Å². The number of pyridine rings is 1. The minimum absolute atomic E-state index is 0.404. The van der Waals surface area contributed by atoms with E-state index in [-0.39, 0.29) is 0 Å². The highest BCUT2D eigenvalue weighted by atomic mass is 16.5. The molecule has 6 heteroatoms. The van der Waals surface area contributed by atoms with Crippen LogP contribution in [0.3, 0.4) is 0 Å². The summed E-state index contributed by atoms with van der Waals surface area (Å²) in [5.74, 6) is 1.55. The Morgan fingerprint density at radius 2 is 1.86 bits per heavy atom. The molecule has 4 aromatic rings. The van der Waals surface area contributed by atoms with Gasteiger partial charge in [0.05, 0.1) is 11.7 Å². The van der Waals surface area contributed by atoms with Gasteiger partial charge in [0.1, 0.15) is 30.0 Å². The number of nitrogens with zero attached hydrogens (tertiary/aromatic N) is 4. The molecule has 0 aliphatic rings. The van der Waals surface area contributed by atoms with Crippen LogP contribution in [-0.4, -0.2) is 27.0 Å². The Morgan fingerprint density at radius 3 is 2.62 bits per heavy atom. The van der Waals surface area contributed by atoms with Crippen LogP contribution in [0.15, 0.2) is 59.8 Å². The first-order chi connectivity index (χ1) is 14.2. The monoisotopic (exact) mass is 388 g/mol. The third-order valence-corrected chi connectivity index (χ3v) is 4.48. The van der Waals surface area contributed by atoms with Crippen LogP contribution in [0.1, 0.15) is 32.2 Å². The standard InChI is InChI=1S/C23H24N4O2/c1-4-28-15-22-25-21-13-24-20-12-18(29-14-17-8-6-5-7-9-17)10-11-19(20)23(21)27(22)26-16(2)3/h5-13H,4,14-15H2,1-3H3. The van der Waals surface area contributed by atoms with Crippen LogP contribution in [0.25, 0.3) is 21.9 Å². The summed E-state index contributed by atoms with van der Waals surface area (Å²) in [6.07, 6.45) is 1.78. The van der Waals surface area contributed by atoms with Crippen LogP contribution < -0.4 is 4.74 Å². The molecule has 2 aromatic carbocycles. The predicted octanol–water partition coefficient (Wildman–Crippen LogP) is 4.94. The first-order valence-electron chi connectivity index (χ1n) is 9.72. The second-order valence-electron chi connectivity index (χ2n) is 6.97. The van der Waals surface area contributed by atoms with Gasteiger partial charge in [-0.1, -0.05) is 30.3 Å². The minimum Gasteiger partial charge on any atom is -0.489 e. The molecule has 0 bridgehead atoms. The zero-order chi connectivity index (χ0) is 20.2. The van der Waals surface area contributed by atoms with Gasteiger partial charge in [-0.15, -0.1) is 0 Å². The molecule has 6 nitrogen and oxygen atoms in total. The van der Waals surface area contributed by atoms with E-state index in [4.69, 9.17) is 9.47 Å². The molecule has 0 fully saturated rings. The first kappa shape index (κ1) is 19.1. The molecule has 29 heavy (non-hydrogen) atoms. The minimum atomic E-state index is 0.404. The van der Waals surface area contributed by atoms with E-state index in [2.05, 4.69) is 15.1 Å². The highest BCUT2D eigenvalue weighted by Gasteiger charge is 2.15. The van der Waals surface area contributed by atoms with Gasteiger partial charge < -0.3 is 9.47 Å². The third-order valence-electron chi connectivity index (χ3n) is 4.48. The van der Waals surface area contributed by atoms with Crippen molar-refractivity contribution in [2.75, 3.05) is 6.61 Å². The molecule has 0 saturated heterocycles. The molecule has 0 atom stereocenters. The second kappa shape index (κ2) is 8.41. The lowest BCUT2D eigenvalue weighted by Crippen LogP contribution is -2.03. The fourth-order valence-corrected chi connectivity index (χ4v) is 3.19. The fraction of sp³-hybridized carbons (Fsp3) is 0.261. The summed E-state index contributed by atoms with van der Waals surface area (Å²) >= 11 is 0. The molecule has 0 aliphatic heterocycles. The number of aromatic nitrogens is 3. The largest absolute Gasteiger partial charge is 0.489 e. The Bertz CT molecular complexity index is 1160. The molecule has 0 radical (unpaired) electrons. The summed E-state index contributed by atoms with van der Waals surface area (Å²) < 4.78 is 13.4. The van der Waals surface area contributed by atoms with E-state index in [0.717, 1.165) is 44.8 Å². The maximum atomic E-state index is 5.96. The third kappa shape index (κ3) is 4.12. The van der Waals surface area contributed by atoms with Crippen LogP contribution in [0.2, 0.25) is 0 Å². The topological polar surface area (TPSA) is 61.5 Å².